The van der Waals surface area contributed by atoms with E-state index in [1.807, 2.05) is 18.2 Å². The largest absolute Gasteiger partial charge is 0.483 e. The Bertz CT molecular complexity index is 1190. The summed E-state index contributed by atoms with van der Waals surface area (Å²) >= 11 is 0. The van der Waals surface area contributed by atoms with Gasteiger partial charge in [0.25, 0.3) is 12.4 Å². The quantitative estimate of drug-likeness (QED) is 0.349. The molecule has 1 amide bonds. The Morgan fingerprint density at radius 1 is 1.29 bits per heavy atom. The Hall–Kier alpha value is -3.80. The number of ether oxygens (including phenoxy) is 1. The lowest BCUT2D eigenvalue weighted by Gasteiger charge is -2.36. The van der Waals surface area contributed by atoms with Crippen LogP contribution in [0, 0.1) is 0 Å². The molecule has 2 atom stereocenters. The third-order valence-electron chi connectivity index (χ3n) is 6.64. The average molecular weight is 484 g/mol. The highest BCUT2D eigenvalue weighted by atomic mass is 16.5. The lowest BCUT2D eigenvalue weighted by Crippen LogP contribution is -2.48. The monoisotopic (exact) mass is 483 g/mol. The van der Waals surface area contributed by atoms with Gasteiger partial charge in [0.05, 0.1) is 18.3 Å². The maximum Gasteiger partial charge on any atom is 0.327 e. The van der Waals surface area contributed by atoms with Crippen LogP contribution in [-0.2, 0) is 20.9 Å². The molecule has 3 N–H and O–H groups in total. The third-order valence-corrected chi connectivity index (χ3v) is 6.64. The number of benzene rings is 1. The lowest BCUT2D eigenvalue weighted by atomic mass is 9.98. The molecule has 0 saturated carbocycles. The van der Waals surface area contributed by atoms with Crippen molar-refractivity contribution in [1.82, 2.24) is 35.4 Å². The van der Waals surface area contributed by atoms with Gasteiger partial charge in [-0.3, -0.25) is 19.5 Å². The summed E-state index contributed by atoms with van der Waals surface area (Å²) in [6.07, 6.45) is 6.11. The SMILES string of the molecule is CCOC(=O)Cn1cc(-c2ccc3c(C(=O)NC4CC5CCC(C4)N5C)n[nH]c3c2)nn1.O=CO. The number of aromatic amines is 1. The minimum atomic E-state index is -0.360. The van der Waals surface area contributed by atoms with Gasteiger partial charge in [-0.1, -0.05) is 11.3 Å². The van der Waals surface area contributed by atoms with Crippen LogP contribution in [0.25, 0.3) is 22.2 Å². The van der Waals surface area contributed by atoms with Gasteiger partial charge in [-0.15, -0.1) is 5.10 Å². The predicted molar refractivity (Wildman–Crippen MR) is 125 cm³/mol. The van der Waals surface area contributed by atoms with Crippen LogP contribution >= 0.6 is 0 Å². The number of hydrogen-bond donors (Lipinski definition) is 3. The molecule has 12 nitrogen and oxygen atoms in total. The van der Waals surface area contributed by atoms with Gasteiger partial charge in [-0.25, -0.2) is 4.68 Å². The summed E-state index contributed by atoms with van der Waals surface area (Å²) in [6.45, 7) is 1.85. The van der Waals surface area contributed by atoms with E-state index in [2.05, 4.69) is 37.8 Å². The Kier molecular flexibility index (Phi) is 7.39. The Balaban J connectivity index is 0.000000917. The van der Waals surface area contributed by atoms with Crippen molar-refractivity contribution < 1.29 is 24.2 Å². The number of amides is 1. The highest BCUT2D eigenvalue weighted by Crippen LogP contribution is 2.34. The van der Waals surface area contributed by atoms with Crippen LogP contribution < -0.4 is 5.32 Å². The normalized spacial score (nSPS) is 21.3. The Morgan fingerprint density at radius 2 is 2.00 bits per heavy atom. The predicted octanol–water partition coefficient (Wildman–Crippen LogP) is 1.44. The van der Waals surface area contributed by atoms with E-state index in [4.69, 9.17) is 14.6 Å². The van der Waals surface area contributed by atoms with Crippen molar-refractivity contribution in [2.24, 2.45) is 0 Å². The van der Waals surface area contributed by atoms with Gasteiger partial charge < -0.3 is 20.1 Å². The molecule has 0 aliphatic carbocycles. The van der Waals surface area contributed by atoms with E-state index in [1.165, 1.54) is 17.5 Å². The average Bonchev–Trinajstić information content (AvgIpc) is 3.50. The summed E-state index contributed by atoms with van der Waals surface area (Å²) < 4.78 is 6.38. The van der Waals surface area contributed by atoms with E-state index >= 15 is 0 Å². The van der Waals surface area contributed by atoms with Gasteiger partial charge in [-0.05, 0) is 51.8 Å². The second kappa shape index (κ2) is 10.6. The highest BCUT2D eigenvalue weighted by molar-refractivity contribution is 6.05. The van der Waals surface area contributed by atoms with Gasteiger partial charge in [0.1, 0.15) is 12.2 Å². The number of rotatable bonds is 6. The number of hydrogen-bond acceptors (Lipinski definition) is 8. The minimum absolute atomic E-state index is 0.0101. The number of piperidine rings is 1. The first kappa shape index (κ1) is 24.3. The molecule has 2 unspecified atom stereocenters. The van der Waals surface area contributed by atoms with Gasteiger partial charge in [0.15, 0.2) is 5.69 Å². The molecular formula is C23H29N7O5. The van der Waals surface area contributed by atoms with Crippen molar-refractivity contribution in [3.8, 4) is 11.3 Å². The van der Waals surface area contributed by atoms with Crippen molar-refractivity contribution in [1.29, 1.82) is 0 Å². The van der Waals surface area contributed by atoms with Gasteiger partial charge in [0.2, 0.25) is 0 Å². The summed E-state index contributed by atoms with van der Waals surface area (Å²) in [5.41, 5.74) is 2.59. The molecule has 0 radical (unpaired) electrons. The fraction of sp³-hybridized carbons (Fsp3) is 0.478. The second-order valence-corrected chi connectivity index (χ2v) is 8.74. The first-order valence-electron chi connectivity index (χ1n) is 11.6. The topological polar surface area (TPSA) is 155 Å². The number of esters is 1. The van der Waals surface area contributed by atoms with E-state index in [-0.39, 0.29) is 30.9 Å². The van der Waals surface area contributed by atoms with Crippen LogP contribution in [0.5, 0.6) is 0 Å². The number of nitrogens with one attached hydrogen (secondary N) is 2. The molecule has 2 aliphatic rings. The maximum absolute atomic E-state index is 12.9. The van der Waals surface area contributed by atoms with E-state index in [1.54, 1.807) is 13.1 Å². The number of H-pyrrole nitrogens is 1. The lowest BCUT2D eigenvalue weighted by molar-refractivity contribution is -0.144. The molecule has 4 heterocycles. The molecular weight excluding hydrogens is 454 g/mol. The zero-order valence-corrected chi connectivity index (χ0v) is 19.7. The molecule has 0 spiro atoms. The molecule has 1 aromatic carbocycles. The van der Waals surface area contributed by atoms with Gasteiger partial charge >= 0.3 is 5.97 Å². The molecule has 2 aromatic heterocycles. The number of nitrogens with zero attached hydrogens (tertiary/aromatic N) is 5. The fourth-order valence-corrected chi connectivity index (χ4v) is 4.98. The minimum Gasteiger partial charge on any atom is -0.483 e. The maximum atomic E-state index is 12.9. The summed E-state index contributed by atoms with van der Waals surface area (Å²) in [4.78, 5) is 35.4. The molecule has 12 heteroatoms. The molecule has 3 aromatic rings. The van der Waals surface area contributed by atoms with Crippen molar-refractivity contribution in [2.75, 3.05) is 13.7 Å². The number of fused-ring (bicyclic) bond motifs is 3. The summed E-state index contributed by atoms with van der Waals surface area (Å²) in [7, 11) is 2.19. The standard InChI is InChI=1S/C22H27N7O3.CH2O2/c1-3-32-20(30)12-29-11-19(25-27-29)13-4-7-17-18(8-13)24-26-21(17)22(31)23-14-9-15-5-6-16(10-14)28(15)2;2-1-3/h4,7-8,11,14-16H,3,5-6,9-10,12H2,1-2H3,(H,23,31)(H,24,26);1H,(H,2,3). The molecule has 2 bridgehead atoms. The van der Waals surface area contributed by atoms with Gasteiger partial charge in [-0.2, -0.15) is 5.10 Å². The van der Waals surface area contributed by atoms with Crippen LogP contribution in [0.15, 0.2) is 24.4 Å². The van der Waals surface area contributed by atoms with Gasteiger partial charge in [0, 0.05) is 29.1 Å². The Morgan fingerprint density at radius 3 is 2.69 bits per heavy atom. The number of carbonyl (C=O) groups excluding carboxylic acids is 2. The summed E-state index contributed by atoms with van der Waals surface area (Å²) in [6, 6.07) is 6.95. The molecule has 2 fully saturated rings. The van der Waals surface area contributed by atoms with E-state index < -0.39 is 0 Å². The first-order chi connectivity index (χ1) is 16.9. The smallest absolute Gasteiger partial charge is 0.327 e. The molecule has 5 rings (SSSR count). The fourth-order valence-electron chi connectivity index (χ4n) is 4.98. The zero-order valence-electron chi connectivity index (χ0n) is 19.7. The Labute approximate surface area is 201 Å². The van der Waals surface area contributed by atoms with E-state index in [0.717, 1.165) is 29.3 Å². The third kappa shape index (κ3) is 5.32. The zero-order chi connectivity index (χ0) is 24.9. The van der Waals surface area contributed by atoms with Crippen LogP contribution in [0.2, 0.25) is 0 Å². The summed E-state index contributed by atoms with van der Waals surface area (Å²) in [5.74, 6) is -0.500. The van der Waals surface area contributed by atoms with Crippen molar-refractivity contribution >= 4 is 29.3 Å². The number of carboxylic acid groups (broad SMARTS) is 1. The van der Waals surface area contributed by atoms with E-state index in [0.29, 0.717) is 30.1 Å². The first-order valence-corrected chi connectivity index (χ1v) is 11.6. The summed E-state index contributed by atoms with van der Waals surface area (Å²) in [5, 5.41) is 26.2. The molecule has 186 valence electrons. The van der Waals surface area contributed by atoms with Crippen molar-refractivity contribution in [3.63, 3.8) is 0 Å². The molecule has 35 heavy (non-hydrogen) atoms. The second-order valence-electron chi connectivity index (χ2n) is 8.74. The highest BCUT2D eigenvalue weighted by Gasteiger charge is 2.39. The van der Waals surface area contributed by atoms with E-state index in [9.17, 15) is 9.59 Å². The van der Waals surface area contributed by atoms with Crippen LogP contribution in [0.4, 0.5) is 0 Å². The number of carbonyl (C=O) groups is 3. The molecule has 2 aliphatic heterocycles. The van der Waals surface area contributed by atoms with Crippen molar-refractivity contribution in [3.05, 3.63) is 30.1 Å². The number of aromatic nitrogens is 5. The molecule has 2 saturated heterocycles. The van der Waals surface area contributed by atoms with Crippen LogP contribution in [0.3, 0.4) is 0 Å². The van der Waals surface area contributed by atoms with Crippen LogP contribution in [-0.4, -0.2) is 85.3 Å². The van der Waals surface area contributed by atoms with Crippen molar-refractivity contribution in [2.45, 2.75) is 57.3 Å². The van der Waals surface area contributed by atoms with Crippen LogP contribution in [0.1, 0.15) is 43.1 Å².